The number of rotatable bonds is 4. The summed E-state index contributed by atoms with van der Waals surface area (Å²) in [7, 11) is 0. The number of carbonyl (C=O) groups excluding carboxylic acids is 2. The molecule has 10 heteroatoms. The van der Waals surface area contributed by atoms with Gasteiger partial charge in [-0.05, 0) is 29.8 Å². The summed E-state index contributed by atoms with van der Waals surface area (Å²) in [6.07, 6.45) is 0. The number of halogens is 3. The van der Waals surface area contributed by atoms with E-state index in [9.17, 15) is 14.0 Å². The molecular weight excluding hydrogens is 444 g/mol. The molecule has 2 heterocycles. The molecule has 0 bridgehead atoms. The maximum Gasteiger partial charge on any atom is 0.315 e. The third-order valence-electron chi connectivity index (χ3n) is 5.07. The lowest BCUT2D eigenvalue weighted by atomic mass is 10.0. The number of nitrogens with zero attached hydrogens (tertiary/aromatic N) is 3. The van der Waals surface area contributed by atoms with Crippen LogP contribution < -0.4 is 11.1 Å². The molecule has 0 radical (unpaired) electrons. The molecule has 0 atom stereocenters. The van der Waals surface area contributed by atoms with Crippen molar-refractivity contribution in [1.82, 2.24) is 20.0 Å². The first-order valence-electron chi connectivity index (χ1n) is 9.45. The summed E-state index contributed by atoms with van der Waals surface area (Å²) in [6.45, 7) is 1.02. The van der Waals surface area contributed by atoms with Crippen LogP contribution in [-0.2, 0) is 19.6 Å². The van der Waals surface area contributed by atoms with E-state index < -0.39 is 17.8 Å². The fourth-order valence-corrected chi connectivity index (χ4v) is 3.99. The summed E-state index contributed by atoms with van der Waals surface area (Å²) in [6, 6.07) is 10.3. The van der Waals surface area contributed by atoms with Crippen molar-refractivity contribution in [3.63, 3.8) is 0 Å². The number of amides is 3. The van der Waals surface area contributed by atoms with Gasteiger partial charge in [0.25, 0.3) is 5.91 Å². The number of fused-ring (bicyclic) bond motifs is 1. The van der Waals surface area contributed by atoms with Crippen LogP contribution in [0.4, 0.5) is 9.18 Å². The fraction of sp³-hybridized carbons (Fsp3) is 0.190. The zero-order valence-corrected chi connectivity index (χ0v) is 17.8. The molecule has 3 amide bonds. The first kappa shape index (κ1) is 21.1. The molecule has 0 fully saturated rings. The molecule has 31 heavy (non-hydrogen) atoms. The van der Waals surface area contributed by atoms with Gasteiger partial charge in [-0.3, -0.25) is 9.48 Å². The van der Waals surface area contributed by atoms with Crippen molar-refractivity contribution in [3.8, 4) is 11.3 Å². The number of primary amides is 1. The van der Waals surface area contributed by atoms with E-state index in [1.165, 1.54) is 17.0 Å². The van der Waals surface area contributed by atoms with Crippen LogP contribution >= 0.6 is 23.2 Å². The van der Waals surface area contributed by atoms with Gasteiger partial charge >= 0.3 is 6.03 Å². The minimum absolute atomic E-state index is 0.127. The molecule has 2 aromatic carbocycles. The molecule has 0 saturated heterocycles. The maximum absolute atomic E-state index is 13.9. The Hall–Kier alpha value is -3.10. The summed E-state index contributed by atoms with van der Waals surface area (Å²) in [5.74, 6) is -0.862. The first-order valence-corrected chi connectivity index (χ1v) is 10.2. The molecule has 3 aromatic rings. The van der Waals surface area contributed by atoms with E-state index in [1.807, 2.05) is 0 Å². The summed E-state index contributed by atoms with van der Waals surface area (Å²) in [5, 5.41) is 8.28. The SMILES string of the molecule is NC(=O)N1CCn2nc(-c3cccc(F)c3)c(C(=O)NCc3ccc(Cl)cc3Cl)c2C1. The Morgan fingerprint density at radius 1 is 1.16 bits per heavy atom. The van der Waals surface area contributed by atoms with Gasteiger partial charge in [0.2, 0.25) is 0 Å². The summed E-state index contributed by atoms with van der Waals surface area (Å²) in [4.78, 5) is 26.3. The Kier molecular flexibility index (Phi) is 5.84. The second-order valence-corrected chi connectivity index (χ2v) is 7.93. The van der Waals surface area contributed by atoms with Crippen molar-refractivity contribution in [2.45, 2.75) is 19.6 Å². The smallest absolute Gasteiger partial charge is 0.315 e. The number of nitrogens with one attached hydrogen (secondary N) is 1. The third kappa shape index (κ3) is 4.35. The molecule has 160 valence electrons. The number of carbonyl (C=O) groups is 2. The van der Waals surface area contributed by atoms with Gasteiger partial charge in [0.15, 0.2) is 0 Å². The fourth-order valence-electron chi connectivity index (χ4n) is 3.51. The lowest BCUT2D eigenvalue weighted by molar-refractivity contribution is 0.0948. The van der Waals surface area contributed by atoms with Crippen LogP contribution in [0.3, 0.4) is 0 Å². The van der Waals surface area contributed by atoms with E-state index in [4.69, 9.17) is 28.9 Å². The average molecular weight is 462 g/mol. The molecule has 0 spiro atoms. The van der Waals surface area contributed by atoms with Gasteiger partial charge in [0.1, 0.15) is 11.5 Å². The largest absolute Gasteiger partial charge is 0.351 e. The standard InChI is InChI=1S/C21H18Cl2FN5O2/c22-14-5-4-13(16(23)9-14)10-26-20(30)18-17-11-28(21(25)31)6-7-29(17)27-19(18)12-2-1-3-15(24)8-12/h1-5,8-9H,6-7,10-11H2,(H2,25,31)(H,26,30). The zero-order chi connectivity index (χ0) is 22.1. The maximum atomic E-state index is 13.9. The van der Waals surface area contributed by atoms with E-state index in [0.717, 1.165) is 0 Å². The first-order chi connectivity index (χ1) is 14.8. The number of aromatic nitrogens is 2. The van der Waals surface area contributed by atoms with Crippen molar-refractivity contribution in [3.05, 3.63) is 75.1 Å². The molecule has 4 rings (SSSR count). The van der Waals surface area contributed by atoms with Crippen LogP contribution in [0.15, 0.2) is 42.5 Å². The van der Waals surface area contributed by atoms with Crippen LogP contribution in [0, 0.1) is 5.82 Å². The molecular formula is C21H18Cl2FN5O2. The summed E-state index contributed by atoms with van der Waals surface area (Å²) < 4.78 is 15.5. The highest BCUT2D eigenvalue weighted by Crippen LogP contribution is 2.29. The predicted molar refractivity (Wildman–Crippen MR) is 115 cm³/mol. The zero-order valence-electron chi connectivity index (χ0n) is 16.2. The number of hydrogen-bond acceptors (Lipinski definition) is 3. The van der Waals surface area contributed by atoms with Crippen molar-refractivity contribution in [2.24, 2.45) is 5.73 Å². The van der Waals surface area contributed by atoms with Crippen LogP contribution in [0.1, 0.15) is 21.6 Å². The molecule has 0 saturated carbocycles. The highest BCUT2D eigenvalue weighted by molar-refractivity contribution is 6.35. The molecule has 3 N–H and O–H groups in total. The molecule has 1 aliphatic rings. The normalized spacial score (nSPS) is 13.1. The monoisotopic (exact) mass is 461 g/mol. The van der Waals surface area contributed by atoms with Crippen LogP contribution in [0.2, 0.25) is 10.0 Å². The predicted octanol–water partition coefficient (Wildman–Crippen LogP) is 3.82. The van der Waals surface area contributed by atoms with E-state index >= 15 is 0 Å². The van der Waals surface area contributed by atoms with Gasteiger partial charge in [0, 0.05) is 28.7 Å². The van der Waals surface area contributed by atoms with E-state index in [2.05, 4.69) is 10.4 Å². The molecule has 1 aromatic heterocycles. The Morgan fingerprint density at radius 3 is 2.68 bits per heavy atom. The Labute approximate surface area is 187 Å². The second kappa shape index (κ2) is 8.56. The molecule has 1 aliphatic heterocycles. The third-order valence-corrected chi connectivity index (χ3v) is 5.66. The van der Waals surface area contributed by atoms with Gasteiger partial charge in [-0.1, -0.05) is 41.4 Å². The second-order valence-electron chi connectivity index (χ2n) is 7.08. The van der Waals surface area contributed by atoms with E-state index in [1.54, 1.807) is 35.0 Å². The Balaban J connectivity index is 1.71. The molecule has 0 aliphatic carbocycles. The Morgan fingerprint density at radius 2 is 1.97 bits per heavy atom. The van der Waals surface area contributed by atoms with Crippen LogP contribution in [0.25, 0.3) is 11.3 Å². The topological polar surface area (TPSA) is 93.2 Å². The van der Waals surface area contributed by atoms with Gasteiger partial charge in [-0.2, -0.15) is 5.10 Å². The molecule has 0 unspecified atom stereocenters. The minimum Gasteiger partial charge on any atom is -0.351 e. The van der Waals surface area contributed by atoms with Gasteiger partial charge in [0.05, 0.1) is 24.3 Å². The number of hydrogen-bond donors (Lipinski definition) is 2. The van der Waals surface area contributed by atoms with Crippen LogP contribution in [0.5, 0.6) is 0 Å². The van der Waals surface area contributed by atoms with Crippen LogP contribution in [-0.4, -0.2) is 33.2 Å². The van der Waals surface area contributed by atoms with Crippen molar-refractivity contribution in [1.29, 1.82) is 0 Å². The lowest BCUT2D eigenvalue weighted by Crippen LogP contribution is -2.42. The van der Waals surface area contributed by atoms with Gasteiger partial charge in [-0.15, -0.1) is 0 Å². The molecule has 7 nitrogen and oxygen atoms in total. The summed E-state index contributed by atoms with van der Waals surface area (Å²) >= 11 is 12.1. The highest BCUT2D eigenvalue weighted by atomic mass is 35.5. The number of urea groups is 1. The van der Waals surface area contributed by atoms with Crippen molar-refractivity contribution >= 4 is 35.1 Å². The number of nitrogens with two attached hydrogens (primary N) is 1. The summed E-state index contributed by atoms with van der Waals surface area (Å²) in [5.41, 5.74) is 7.71. The quantitative estimate of drug-likeness (QED) is 0.618. The van der Waals surface area contributed by atoms with Crippen molar-refractivity contribution in [2.75, 3.05) is 6.54 Å². The van der Waals surface area contributed by atoms with Crippen molar-refractivity contribution < 1.29 is 14.0 Å². The lowest BCUT2D eigenvalue weighted by Gasteiger charge is -2.26. The van der Waals surface area contributed by atoms with Gasteiger partial charge in [-0.25, -0.2) is 9.18 Å². The number of benzene rings is 2. The average Bonchev–Trinajstić information content (AvgIpc) is 3.11. The highest BCUT2D eigenvalue weighted by Gasteiger charge is 2.30. The Bertz CT molecular complexity index is 1180. The van der Waals surface area contributed by atoms with Gasteiger partial charge < -0.3 is 16.0 Å². The van der Waals surface area contributed by atoms with E-state index in [0.29, 0.717) is 45.6 Å². The van der Waals surface area contributed by atoms with E-state index in [-0.39, 0.29) is 18.7 Å². The minimum atomic E-state index is -0.584.